The Labute approximate surface area is 195 Å². The fourth-order valence-corrected chi connectivity index (χ4v) is 5.44. The van der Waals surface area contributed by atoms with Crippen LogP contribution in [0.1, 0.15) is 23.4 Å². The highest BCUT2D eigenvalue weighted by atomic mass is 35.5. The summed E-state index contributed by atoms with van der Waals surface area (Å²) in [4.78, 5) is 32.0. The number of methoxy groups -OCH3 is 1. The lowest BCUT2D eigenvalue weighted by molar-refractivity contribution is -0.140. The number of carbonyl (C=O) groups is 1. The number of thiophene rings is 1. The molecule has 1 aromatic carbocycles. The van der Waals surface area contributed by atoms with Crippen molar-refractivity contribution in [1.82, 2.24) is 4.57 Å². The van der Waals surface area contributed by atoms with Gasteiger partial charge in [0.15, 0.2) is 4.80 Å². The van der Waals surface area contributed by atoms with Gasteiger partial charge in [0.1, 0.15) is 18.5 Å². The lowest BCUT2D eigenvalue weighted by Gasteiger charge is -2.23. The maximum absolute atomic E-state index is 14.3. The van der Waals surface area contributed by atoms with Crippen LogP contribution in [-0.4, -0.2) is 30.9 Å². The molecule has 2 aromatic heterocycles. The van der Waals surface area contributed by atoms with Crippen molar-refractivity contribution in [3.05, 3.63) is 88.0 Å². The van der Waals surface area contributed by atoms with E-state index in [1.54, 1.807) is 13.0 Å². The van der Waals surface area contributed by atoms with E-state index in [1.165, 1.54) is 41.2 Å². The molecule has 4 rings (SSSR count). The molecule has 1 aliphatic heterocycles. The number of aromatic nitrogens is 1. The first-order valence-corrected chi connectivity index (χ1v) is 11.7. The Bertz CT molecular complexity index is 1360. The molecule has 0 saturated carbocycles. The Balaban J connectivity index is 1.89. The minimum atomic E-state index is -0.695. The van der Waals surface area contributed by atoms with E-state index in [4.69, 9.17) is 21.1 Å². The molecule has 6 nitrogen and oxygen atoms in total. The van der Waals surface area contributed by atoms with E-state index in [-0.39, 0.29) is 39.5 Å². The van der Waals surface area contributed by atoms with E-state index in [2.05, 4.69) is 4.99 Å². The van der Waals surface area contributed by atoms with Crippen LogP contribution < -0.4 is 14.9 Å². The Morgan fingerprint density at radius 2 is 2.12 bits per heavy atom. The summed E-state index contributed by atoms with van der Waals surface area (Å²) in [6, 6.07) is 7.33. The fraction of sp³-hybridized carbons (Fsp3) is 0.227. The molecular formula is C22H18ClFN2O4S2. The van der Waals surface area contributed by atoms with Gasteiger partial charge in [-0.3, -0.25) is 9.36 Å². The van der Waals surface area contributed by atoms with Gasteiger partial charge in [0.2, 0.25) is 0 Å². The number of hydrogen-bond donors (Lipinski definition) is 0. The number of rotatable bonds is 6. The maximum Gasteiger partial charge on any atom is 0.338 e. The van der Waals surface area contributed by atoms with Crippen LogP contribution in [0.25, 0.3) is 6.08 Å². The van der Waals surface area contributed by atoms with E-state index >= 15 is 0 Å². The zero-order valence-electron chi connectivity index (χ0n) is 17.1. The van der Waals surface area contributed by atoms with Crippen LogP contribution in [0.2, 0.25) is 5.02 Å². The normalized spacial score (nSPS) is 16.1. The topological polar surface area (TPSA) is 69.9 Å². The van der Waals surface area contributed by atoms with Crippen molar-refractivity contribution in [2.75, 3.05) is 20.3 Å². The summed E-state index contributed by atoms with van der Waals surface area (Å²) < 4.78 is 26.3. The molecule has 0 fully saturated rings. The Hall–Kier alpha value is -2.59. The Morgan fingerprint density at radius 1 is 1.31 bits per heavy atom. The van der Waals surface area contributed by atoms with Crippen molar-refractivity contribution in [1.29, 1.82) is 0 Å². The molecule has 0 aliphatic carbocycles. The second-order valence-electron chi connectivity index (χ2n) is 6.86. The number of allylic oxidation sites excluding steroid dienone is 1. The van der Waals surface area contributed by atoms with Crippen LogP contribution in [0.15, 0.2) is 56.8 Å². The highest BCUT2D eigenvalue weighted by Gasteiger charge is 2.34. The predicted octanol–water partition coefficient (Wildman–Crippen LogP) is 3.28. The number of benzene rings is 1. The average Bonchev–Trinajstić information content (AvgIpc) is 3.39. The number of nitrogens with zero attached hydrogens (tertiary/aromatic N) is 2. The SMILES string of the molecule is COCCOC(=O)C1=C(C)N=c2s/c(=C\c3c(F)cccc3Cl)c(=O)n2[C@@H]1c1cccs1. The van der Waals surface area contributed by atoms with Crippen molar-refractivity contribution in [3.8, 4) is 0 Å². The molecule has 3 heterocycles. The first-order chi connectivity index (χ1) is 15.4. The smallest absolute Gasteiger partial charge is 0.338 e. The summed E-state index contributed by atoms with van der Waals surface area (Å²) in [5.41, 5.74) is 0.483. The molecule has 1 aliphatic rings. The lowest BCUT2D eigenvalue weighted by atomic mass is 10.0. The third kappa shape index (κ3) is 4.21. The van der Waals surface area contributed by atoms with E-state index < -0.39 is 17.8 Å². The van der Waals surface area contributed by atoms with Crippen LogP contribution in [0.3, 0.4) is 0 Å². The van der Waals surface area contributed by atoms with Gasteiger partial charge in [-0.25, -0.2) is 14.2 Å². The van der Waals surface area contributed by atoms with Crippen LogP contribution in [0.4, 0.5) is 4.39 Å². The van der Waals surface area contributed by atoms with Crippen molar-refractivity contribution in [3.63, 3.8) is 0 Å². The van der Waals surface area contributed by atoms with Crippen LogP contribution in [-0.2, 0) is 14.3 Å². The predicted molar refractivity (Wildman–Crippen MR) is 122 cm³/mol. The van der Waals surface area contributed by atoms with Gasteiger partial charge in [-0.2, -0.15) is 0 Å². The molecule has 1 atom stereocenters. The molecule has 0 amide bonds. The lowest BCUT2D eigenvalue weighted by Crippen LogP contribution is -2.39. The second-order valence-corrected chi connectivity index (χ2v) is 9.26. The Morgan fingerprint density at radius 3 is 2.81 bits per heavy atom. The zero-order valence-corrected chi connectivity index (χ0v) is 19.5. The van der Waals surface area contributed by atoms with E-state index in [1.807, 2.05) is 17.5 Å². The minimum absolute atomic E-state index is 0.0828. The average molecular weight is 493 g/mol. The highest BCUT2D eigenvalue weighted by molar-refractivity contribution is 7.10. The molecule has 32 heavy (non-hydrogen) atoms. The Kier molecular flexibility index (Phi) is 6.71. The number of fused-ring (bicyclic) bond motifs is 1. The molecule has 10 heteroatoms. The molecule has 0 N–H and O–H groups in total. The van der Waals surface area contributed by atoms with Crippen molar-refractivity contribution >= 4 is 46.3 Å². The van der Waals surface area contributed by atoms with Crippen molar-refractivity contribution in [2.24, 2.45) is 4.99 Å². The van der Waals surface area contributed by atoms with Gasteiger partial charge >= 0.3 is 5.97 Å². The van der Waals surface area contributed by atoms with E-state index in [0.29, 0.717) is 10.5 Å². The van der Waals surface area contributed by atoms with Gasteiger partial charge < -0.3 is 9.47 Å². The first kappa shape index (κ1) is 22.6. The summed E-state index contributed by atoms with van der Waals surface area (Å²) in [5.74, 6) is -1.09. The molecular weight excluding hydrogens is 475 g/mol. The monoisotopic (exact) mass is 492 g/mol. The first-order valence-electron chi connectivity index (χ1n) is 9.58. The minimum Gasteiger partial charge on any atom is -0.460 e. The number of hydrogen-bond acceptors (Lipinski definition) is 7. The molecule has 0 bridgehead atoms. The number of thiazole rings is 1. The van der Waals surface area contributed by atoms with Gasteiger partial charge in [-0.05, 0) is 36.6 Å². The molecule has 166 valence electrons. The quantitative estimate of drug-likeness (QED) is 0.391. The third-order valence-corrected chi connectivity index (χ3v) is 7.09. The van der Waals surface area contributed by atoms with Gasteiger partial charge in [-0.1, -0.05) is 35.1 Å². The van der Waals surface area contributed by atoms with Crippen LogP contribution in [0, 0.1) is 5.82 Å². The summed E-state index contributed by atoms with van der Waals surface area (Å²) in [7, 11) is 1.51. The standard InChI is InChI=1S/C22H18ClFN2O4S2/c1-12-18(21(28)30-9-8-29-2)19(16-7-4-10-31-16)26-20(27)17(32-22(26)25-12)11-13-14(23)5-3-6-15(13)24/h3-7,10-11,19H,8-9H2,1-2H3/b17-11-/t19-/m1/s1. The van der Waals surface area contributed by atoms with Crippen molar-refractivity contribution < 1.29 is 18.7 Å². The summed E-state index contributed by atoms with van der Waals surface area (Å²) in [5, 5.41) is 2.07. The van der Waals surface area contributed by atoms with Gasteiger partial charge in [0.05, 0.1) is 27.4 Å². The number of carbonyl (C=O) groups excluding carboxylic acids is 1. The number of halogens is 2. The zero-order chi connectivity index (χ0) is 22.8. The number of esters is 1. The highest BCUT2D eigenvalue weighted by Crippen LogP contribution is 2.33. The third-order valence-electron chi connectivity index (χ3n) is 4.85. The molecule has 0 saturated heterocycles. The fourth-order valence-electron chi connectivity index (χ4n) is 3.37. The van der Waals surface area contributed by atoms with Gasteiger partial charge in [-0.15, -0.1) is 11.3 Å². The van der Waals surface area contributed by atoms with Crippen molar-refractivity contribution in [2.45, 2.75) is 13.0 Å². The van der Waals surface area contributed by atoms with Gasteiger partial charge in [0, 0.05) is 17.6 Å². The van der Waals surface area contributed by atoms with Crippen LogP contribution in [0.5, 0.6) is 0 Å². The maximum atomic E-state index is 14.3. The van der Waals surface area contributed by atoms with E-state index in [9.17, 15) is 14.0 Å². The molecule has 3 aromatic rings. The number of ether oxygens (including phenoxy) is 2. The molecule has 0 spiro atoms. The second kappa shape index (κ2) is 9.50. The summed E-state index contributed by atoms with van der Waals surface area (Å²) >= 11 is 8.67. The summed E-state index contributed by atoms with van der Waals surface area (Å²) in [6.45, 7) is 2.04. The van der Waals surface area contributed by atoms with Crippen LogP contribution >= 0.6 is 34.3 Å². The van der Waals surface area contributed by atoms with Gasteiger partial charge in [0.25, 0.3) is 5.56 Å². The summed E-state index contributed by atoms with van der Waals surface area (Å²) in [6.07, 6.45) is 1.42. The van der Waals surface area contributed by atoms with E-state index in [0.717, 1.165) is 16.2 Å². The molecule has 0 radical (unpaired) electrons. The molecule has 0 unspecified atom stereocenters. The largest absolute Gasteiger partial charge is 0.460 e.